The van der Waals surface area contributed by atoms with Gasteiger partial charge >= 0.3 is 0 Å². The summed E-state index contributed by atoms with van der Waals surface area (Å²) in [6.07, 6.45) is 1.38. The van der Waals surface area contributed by atoms with Crippen molar-refractivity contribution >= 4 is 39.1 Å². The molecule has 16 heavy (non-hydrogen) atoms. The Morgan fingerprint density at radius 2 is 2.38 bits per heavy atom. The molecule has 1 N–H and O–H groups in total. The van der Waals surface area contributed by atoms with Gasteiger partial charge in [0.1, 0.15) is 6.10 Å². The summed E-state index contributed by atoms with van der Waals surface area (Å²) >= 11 is 9.30. The molecule has 1 saturated heterocycles. The smallest absolute Gasteiger partial charge is 0.253 e. The van der Waals surface area contributed by atoms with Crippen molar-refractivity contribution in [1.82, 2.24) is 0 Å². The van der Waals surface area contributed by atoms with Crippen LogP contribution in [0.15, 0.2) is 22.7 Å². The van der Waals surface area contributed by atoms with Gasteiger partial charge in [-0.05, 0) is 31.0 Å². The molecule has 0 unspecified atom stereocenters. The number of carbonyl (C=O) groups is 1. The van der Waals surface area contributed by atoms with Gasteiger partial charge < -0.3 is 10.1 Å². The number of anilines is 1. The molecule has 1 fully saturated rings. The fraction of sp³-hybridized carbons (Fsp3) is 0.364. The van der Waals surface area contributed by atoms with Crippen molar-refractivity contribution in [3.8, 4) is 0 Å². The lowest BCUT2D eigenvalue weighted by molar-refractivity contribution is -0.124. The Hall–Kier alpha value is -0.580. The third-order valence-corrected chi connectivity index (χ3v) is 3.22. The number of carbonyl (C=O) groups excluding carboxylic acids is 1. The molecule has 0 radical (unpaired) electrons. The average molecular weight is 305 g/mol. The monoisotopic (exact) mass is 303 g/mol. The van der Waals surface area contributed by atoms with E-state index in [9.17, 15) is 4.79 Å². The van der Waals surface area contributed by atoms with E-state index in [0.717, 1.165) is 17.3 Å². The van der Waals surface area contributed by atoms with E-state index >= 15 is 0 Å². The maximum absolute atomic E-state index is 11.7. The highest BCUT2D eigenvalue weighted by Crippen LogP contribution is 2.26. The SMILES string of the molecule is O=C(Nc1ccc(Br)cc1Cl)[C@H]1CCCO1. The average Bonchev–Trinajstić information content (AvgIpc) is 2.75. The van der Waals surface area contributed by atoms with Crippen LogP contribution >= 0.6 is 27.5 Å². The molecule has 0 aliphatic carbocycles. The third-order valence-electron chi connectivity index (χ3n) is 2.41. The van der Waals surface area contributed by atoms with Crippen molar-refractivity contribution in [3.05, 3.63) is 27.7 Å². The Morgan fingerprint density at radius 1 is 1.56 bits per heavy atom. The van der Waals surface area contributed by atoms with Gasteiger partial charge in [-0.15, -0.1) is 0 Å². The zero-order chi connectivity index (χ0) is 11.5. The van der Waals surface area contributed by atoms with Crippen molar-refractivity contribution in [2.24, 2.45) is 0 Å². The molecule has 1 heterocycles. The molecule has 0 aromatic heterocycles. The molecule has 1 aliphatic rings. The molecule has 86 valence electrons. The predicted octanol–water partition coefficient (Wildman–Crippen LogP) is 3.22. The molecule has 5 heteroatoms. The summed E-state index contributed by atoms with van der Waals surface area (Å²) < 4.78 is 6.17. The number of ether oxygens (including phenoxy) is 1. The lowest BCUT2D eigenvalue weighted by Crippen LogP contribution is -2.26. The summed E-state index contributed by atoms with van der Waals surface area (Å²) in [4.78, 5) is 11.7. The van der Waals surface area contributed by atoms with Crippen LogP contribution in [0, 0.1) is 0 Å². The van der Waals surface area contributed by atoms with Gasteiger partial charge in [0.05, 0.1) is 10.7 Å². The molecule has 1 aromatic carbocycles. The molecule has 1 amide bonds. The Balaban J connectivity index is 2.05. The zero-order valence-electron chi connectivity index (χ0n) is 8.50. The molecule has 2 rings (SSSR count). The highest BCUT2D eigenvalue weighted by molar-refractivity contribution is 9.10. The second kappa shape index (κ2) is 5.17. The lowest BCUT2D eigenvalue weighted by atomic mass is 10.2. The maximum atomic E-state index is 11.7. The summed E-state index contributed by atoms with van der Waals surface area (Å²) in [5.41, 5.74) is 0.616. The molecule has 0 spiro atoms. The second-order valence-electron chi connectivity index (χ2n) is 3.62. The Morgan fingerprint density at radius 3 is 3.00 bits per heavy atom. The van der Waals surface area contributed by atoms with Crippen LogP contribution in [0.2, 0.25) is 5.02 Å². The van der Waals surface area contributed by atoms with E-state index in [-0.39, 0.29) is 12.0 Å². The van der Waals surface area contributed by atoms with Gasteiger partial charge in [0.25, 0.3) is 5.91 Å². The minimum absolute atomic E-state index is 0.123. The van der Waals surface area contributed by atoms with Crippen molar-refractivity contribution in [3.63, 3.8) is 0 Å². The van der Waals surface area contributed by atoms with E-state index in [2.05, 4.69) is 21.2 Å². The van der Waals surface area contributed by atoms with Gasteiger partial charge in [-0.1, -0.05) is 27.5 Å². The number of hydrogen-bond donors (Lipinski definition) is 1. The van der Waals surface area contributed by atoms with Crippen LogP contribution in [0.25, 0.3) is 0 Å². The minimum atomic E-state index is -0.334. The van der Waals surface area contributed by atoms with Gasteiger partial charge in [0.2, 0.25) is 0 Å². The molecular formula is C11H11BrClNO2. The number of hydrogen-bond acceptors (Lipinski definition) is 2. The first kappa shape index (κ1) is 11.9. The lowest BCUT2D eigenvalue weighted by Gasteiger charge is -2.11. The van der Waals surface area contributed by atoms with Gasteiger partial charge in [0.15, 0.2) is 0 Å². The Bertz CT molecular complexity index is 405. The van der Waals surface area contributed by atoms with Crippen molar-refractivity contribution in [2.45, 2.75) is 18.9 Å². The number of halogens is 2. The van der Waals surface area contributed by atoms with Gasteiger partial charge in [-0.2, -0.15) is 0 Å². The molecule has 3 nitrogen and oxygen atoms in total. The first-order chi connectivity index (χ1) is 7.66. The van der Waals surface area contributed by atoms with Crippen molar-refractivity contribution in [2.75, 3.05) is 11.9 Å². The molecule has 1 aliphatic heterocycles. The van der Waals surface area contributed by atoms with Crippen LogP contribution in [0.3, 0.4) is 0 Å². The van der Waals surface area contributed by atoms with Crippen LogP contribution in [-0.4, -0.2) is 18.6 Å². The number of rotatable bonds is 2. The second-order valence-corrected chi connectivity index (χ2v) is 4.94. The maximum Gasteiger partial charge on any atom is 0.253 e. The molecule has 1 atom stereocenters. The summed E-state index contributed by atoms with van der Waals surface area (Å²) in [7, 11) is 0. The standard InChI is InChI=1S/C11H11BrClNO2/c12-7-3-4-9(8(13)6-7)14-11(15)10-2-1-5-16-10/h3-4,6,10H,1-2,5H2,(H,14,15)/t10-/m1/s1. The first-order valence-electron chi connectivity index (χ1n) is 5.04. The highest BCUT2D eigenvalue weighted by Gasteiger charge is 2.23. The quantitative estimate of drug-likeness (QED) is 0.911. The summed E-state index contributed by atoms with van der Waals surface area (Å²) in [6.45, 7) is 0.659. The molecule has 0 saturated carbocycles. The number of nitrogens with one attached hydrogen (secondary N) is 1. The Kier molecular flexibility index (Phi) is 3.84. The van der Waals surface area contributed by atoms with Gasteiger partial charge in [0, 0.05) is 11.1 Å². The van der Waals surface area contributed by atoms with Crippen molar-refractivity contribution in [1.29, 1.82) is 0 Å². The van der Waals surface area contributed by atoms with Gasteiger partial charge in [-0.3, -0.25) is 4.79 Å². The van der Waals surface area contributed by atoms with E-state index in [1.165, 1.54) is 0 Å². The van der Waals surface area contributed by atoms with Gasteiger partial charge in [-0.25, -0.2) is 0 Å². The third kappa shape index (κ3) is 2.75. The zero-order valence-corrected chi connectivity index (χ0v) is 10.8. The fourth-order valence-electron chi connectivity index (χ4n) is 1.59. The molecular weight excluding hydrogens is 293 g/mol. The van der Waals surface area contributed by atoms with E-state index in [1.807, 2.05) is 6.07 Å². The predicted molar refractivity (Wildman–Crippen MR) is 66.8 cm³/mol. The van der Waals surface area contributed by atoms with Crippen LogP contribution < -0.4 is 5.32 Å². The largest absolute Gasteiger partial charge is 0.368 e. The van der Waals surface area contributed by atoms with E-state index in [1.54, 1.807) is 12.1 Å². The number of benzene rings is 1. The van der Waals surface area contributed by atoms with Crippen LogP contribution in [0.1, 0.15) is 12.8 Å². The molecule has 0 bridgehead atoms. The van der Waals surface area contributed by atoms with Crippen LogP contribution in [-0.2, 0) is 9.53 Å². The fourth-order valence-corrected chi connectivity index (χ4v) is 2.31. The minimum Gasteiger partial charge on any atom is -0.368 e. The summed E-state index contributed by atoms with van der Waals surface area (Å²) in [6, 6.07) is 5.34. The number of amides is 1. The van der Waals surface area contributed by atoms with E-state index in [4.69, 9.17) is 16.3 Å². The van der Waals surface area contributed by atoms with Crippen LogP contribution in [0.4, 0.5) is 5.69 Å². The van der Waals surface area contributed by atoms with Crippen LogP contribution in [0.5, 0.6) is 0 Å². The topological polar surface area (TPSA) is 38.3 Å². The highest BCUT2D eigenvalue weighted by atomic mass is 79.9. The Labute approximate surface area is 107 Å². The summed E-state index contributed by atoms with van der Waals surface area (Å²) in [5, 5.41) is 3.28. The normalized spacial score (nSPS) is 19.8. The van der Waals surface area contributed by atoms with E-state index in [0.29, 0.717) is 17.3 Å². The first-order valence-corrected chi connectivity index (χ1v) is 6.21. The van der Waals surface area contributed by atoms with Crippen molar-refractivity contribution < 1.29 is 9.53 Å². The summed E-state index contributed by atoms with van der Waals surface area (Å²) in [5.74, 6) is -0.123. The van der Waals surface area contributed by atoms with E-state index < -0.39 is 0 Å². The molecule has 1 aromatic rings.